The number of carbonyl (C=O) groups excluding carboxylic acids is 1. The van der Waals surface area contributed by atoms with Gasteiger partial charge in [-0.15, -0.1) is 0 Å². The lowest BCUT2D eigenvalue weighted by atomic mass is 10.1. The number of carbonyl (C=O) groups is 1. The summed E-state index contributed by atoms with van der Waals surface area (Å²) in [5.74, 6) is 1.90. The smallest absolute Gasteiger partial charge is 0.252 e. The average Bonchev–Trinajstić information content (AvgIpc) is 3.01. The van der Waals surface area contributed by atoms with E-state index in [2.05, 4.69) is 32.9 Å². The molecule has 23 heavy (non-hydrogen) atoms. The van der Waals surface area contributed by atoms with Crippen molar-refractivity contribution in [3.63, 3.8) is 0 Å². The van der Waals surface area contributed by atoms with E-state index in [1.54, 1.807) is 31.6 Å². The average molecular weight is 335 g/mol. The van der Waals surface area contributed by atoms with Gasteiger partial charge in [0.05, 0.1) is 5.56 Å². The molecule has 7 heteroatoms. The van der Waals surface area contributed by atoms with Crippen LogP contribution in [0.15, 0.2) is 29.5 Å². The van der Waals surface area contributed by atoms with Crippen LogP contribution < -0.4 is 16.0 Å². The van der Waals surface area contributed by atoms with E-state index in [1.807, 2.05) is 11.8 Å². The molecule has 1 aromatic heterocycles. The number of hydrogen-bond donors (Lipinski definition) is 3. The summed E-state index contributed by atoms with van der Waals surface area (Å²) >= 11 is 2.02. The van der Waals surface area contributed by atoms with Gasteiger partial charge in [-0.05, 0) is 37.7 Å². The molecule has 1 atom stereocenters. The Balaban J connectivity index is 1.65. The van der Waals surface area contributed by atoms with Crippen molar-refractivity contribution < 1.29 is 4.79 Å². The number of aliphatic imine (C=N–C) groups is 1. The number of nitrogens with zero attached hydrogens (tertiary/aromatic N) is 2. The number of nitrogens with one attached hydrogen (secondary N) is 3. The predicted molar refractivity (Wildman–Crippen MR) is 96.0 cm³/mol. The number of hydrogen-bond acceptors (Lipinski definition) is 4. The summed E-state index contributed by atoms with van der Waals surface area (Å²) in [5, 5.41) is 9.44. The van der Waals surface area contributed by atoms with Gasteiger partial charge < -0.3 is 16.0 Å². The van der Waals surface area contributed by atoms with Crippen molar-refractivity contribution in [3.8, 4) is 0 Å². The number of thioether (sulfide) groups is 1. The highest BCUT2D eigenvalue weighted by Gasteiger charge is 2.29. The molecule has 0 spiro atoms. The molecule has 1 saturated heterocycles. The number of rotatable bonds is 6. The number of aromatic nitrogens is 1. The van der Waals surface area contributed by atoms with Gasteiger partial charge in [0.2, 0.25) is 0 Å². The molecular formula is C16H25N5OS. The molecule has 126 valence electrons. The Morgan fingerprint density at radius 3 is 2.87 bits per heavy atom. The van der Waals surface area contributed by atoms with Gasteiger partial charge >= 0.3 is 0 Å². The molecule has 0 aromatic carbocycles. The molecule has 2 rings (SSSR count). The Kier molecular flexibility index (Phi) is 6.70. The zero-order valence-electron chi connectivity index (χ0n) is 13.8. The van der Waals surface area contributed by atoms with Crippen molar-refractivity contribution in [3.05, 3.63) is 30.1 Å². The molecule has 0 aliphatic carbocycles. The molecule has 1 fully saturated rings. The SMILES string of the molecule is CN=C(NCCNC(=O)c1cccnc1)NCC1(C)CCCS1. The third-order valence-corrected chi connectivity index (χ3v) is 5.32. The summed E-state index contributed by atoms with van der Waals surface area (Å²) in [6.07, 6.45) is 5.73. The van der Waals surface area contributed by atoms with E-state index in [9.17, 15) is 4.79 Å². The molecule has 1 aromatic rings. The van der Waals surface area contributed by atoms with E-state index in [1.165, 1.54) is 18.6 Å². The lowest BCUT2D eigenvalue weighted by Crippen LogP contribution is -2.45. The Morgan fingerprint density at radius 1 is 1.39 bits per heavy atom. The molecule has 6 nitrogen and oxygen atoms in total. The topological polar surface area (TPSA) is 78.4 Å². The summed E-state index contributed by atoms with van der Waals surface area (Å²) in [5.41, 5.74) is 0.571. The monoisotopic (exact) mass is 335 g/mol. The van der Waals surface area contributed by atoms with Crippen molar-refractivity contribution in [2.75, 3.05) is 32.4 Å². The van der Waals surface area contributed by atoms with Gasteiger partial charge in [-0.25, -0.2) is 0 Å². The van der Waals surface area contributed by atoms with Crippen LogP contribution in [0.25, 0.3) is 0 Å². The van der Waals surface area contributed by atoms with E-state index in [0.717, 1.165) is 12.5 Å². The molecule has 0 radical (unpaired) electrons. The van der Waals surface area contributed by atoms with Crippen LogP contribution in [-0.4, -0.2) is 54.0 Å². The summed E-state index contributed by atoms with van der Waals surface area (Å²) in [6, 6.07) is 3.50. The van der Waals surface area contributed by atoms with Gasteiger partial charge in [0.25, 0.3) is 5.91 Å². The number of pyridine rings is 1. The minimum atomic E-state index is -0.113. The normalized spacial score (nSPS) is 21.0. The van der Waals surface area contributed by atoms with E-state index in [0.29, 0.717) is 23.4 Å². The van der Waals surface area contributed by atoms with Gasteiger partial charge in [0.1, 0.15) is 0 Å². The second-order valence-corrected chi connectivity index (χ2v) is 7.43. The van der Waals surface area contributed by atoms with Gasteiger partial charge in [0.15, 0.2) is 5.96 Å². The predicted octanol–water partition coefficient (Wildman–Crippen LogP) is 1.26. The van der Waals surface area contributed by atoms with Crippen molar-refractivity contribution in [2.45, 2.75) is 24.5 Å². The van der Waals surface area contributed by atoms with Crippen LogP contribution in [-0.2, 0) is 0 Å². The van der Waals surface area contributed by atoms with Crippen LogP contribution in [0.3, 0.4) is 0 Å². The Hall–Kier alpha value is -1.76. The minimum Gasteiger partial charge on any atom is -0.355 e. The van der Waals surface area contributed by atoms with Crippen LogP contribution in [0.5, 0.6) is 0 Å². The van der Waals surface area contributed by atoms with Crippen molar-refractivity contribution >= 4 is 23.6 Å². The Bertz CT molecular complexity index is 529. The van der Waals surface area contributed by atoms with Crippen molar-refractivity contribution in [1.82, 2.24) is 20.9 Å². The first-order valence-electron chi connectivity index (χ1n) is 7.90. The second kappa shape index (κ2) is 8.76. The van der Waals surface area contributed by atoms with Crippen LogP contribution >= 0.6 is 11.8 Å². The first kappa shape index (κ1) is 17.6. The summed E-state index contributed by atoms with van der Waals surface area (Å²) in [7, 11) is 1.76. The first-order chi connectivity index (χ1) is 11.1. The second-order valence-electron chi connectivity index (χ2n) is 5.75. The zero-order chi connectivity index (χ0) is 16.5. The summed E-state index contributed by atoms with van der Waals surface area (Å²) < 4.78 is 0.298. The van der Waals surface area contributed by atoms with Gasteiger partial charge in [-0.3, -0.25) is 14.8 Å². The highest BCUT2D eigenvalue weighted by atomic mass is 32.2. The maximum atomic E-state index is 11.9. The van der Waals surface area contributed by atoms with E-state index in [-0.39, 0.29) is 5.91 Å². The largest absolute Gasteiger partial charge is 0.355 e. The Morgan fingerprint density at radius 2 is 2.22 bits per heavy atom. The van der Waals surface area contributed by atoms with Crippen LogP contribution in [0.4, 0.5) is 0 Å². The molecule has 0 bridgehead atoms. The molecule has 2 heterocycles. The van der Waals surface area contributed by atoms with E-state index >= 15 is 0 Å². The molecule has 1 unspecified atom stereocenters. The molecule has 1 aliphatic heterocycles. The van der Waals surface area contributed by atoms with E-state index < -0.39 is 0 Å². The number of amides is 1. The quantitative estimate of drug-likeness (QED) is 0.414. The zero-order valence-corrected chi connectivity index (χ0v) is 14.6. The number of guanidine groups is 1. The van der Waals surface area contributed by atoms with Gasteiger partial charge in [-0.1, -0.05) is 0 Å². The summed E-state index contributed by atoms with van der Waals surface area (Å²) in [6.45, 7) is 4.34. The summed E-state index contributed by atoms with van der Waals surface area (Å²) in [4.78, 5) is 20.0. The van der Waals surface area contributed by atoms with E-state index in [4.69, 9.17) is 0 Å². The lowest BCUT2D eigenvalue weighted by molar-refractivity contribution is 0.0954. The molecule has 1 amide bonds. The highest BCUT2D eigenvalue weighted by Crippen LogP contribution is 2.36. The fourth-order valence-corrected chi connectivity index (χ4v) is 3.67. The fraction of sp³-hybridized carbons (Fsp3) is 0.562. The lowest BCUT2D eigenvalue weighted by Gasteiger charge is -2.24. The van der Waals surface area contributed by atoms with Crippen molar-refractivity contribution in [2.24, 2.45) is 4.99 Å². The first-order valence-corrected chi connectivity index (χ1v) is 8.88. The third-order valence-electron chi connectivity index (χ3n) is 3.78. The van der Waals surface area contributed by atoms with Crippen LogP contribution in [0.1, 0.15) is 30.1 Å². The molecule has 1 aliphatic rings. The highest BCUT2D eigenvalue weighted by molar-refractivity contribution is 8.00. The standard InChI is InChI=1S/C16H25N5OS/c1-16(6-4-10-23-16)12-21-15(17-2)20-9-8-19-14(22)13-5-3-7-18-11-13/h3,5,7,11H,4,6,8-10,12H2,1-2H3,(H,19,22)(H2,17,20,21). The maximum absolute atomic E-state index is 11.9. The fourth-order valence-electron chi connectivity index (χ4n) is 2.42. The van der Waals surface area contributed by atoms with Gasteiger partial charge in [0, 0.05) is 43.8 Å². The molecular weight excluding hydrogens is 310 g/mol. The van der Waals surface area contributed by atoms with Gasteiger partial charge in [-0.2, -0.15) is 11.8 Å². The minimum absolute atomic E-state index is 0.113. The van der Waals surface area contributed by atoms with Crippen molar-refractivity contribution in [1.29, 1.82) is 0 Å². The van der Waals surface area contributed by atoms with Crippen LogP contribution in [0.2, 0.25) is 0 Å². The third kappa shape index (κ3) is 5.74. The van der Waals surface area contributed by atoms with Crippen LogP contribution in [0, 0.1) is 0 Å². The molecule has 0 saturated carbocycles. The molecule has 3 N–H and O–H groups in total. The maximum Gasteiger partial charge on any atom is 0.252 e. The Labute approximate surface area is 141 Å².